The number of aromatic nitrogens is 2. The van der Waals surface area contributed by atoms with Crippen LogP contribution in [0.25, 0.3) is 0 Å². The van der Waals surface area contributed by atoms with Crippen LogP contribution in [0.15, 0.2) is 24.3 Å². The molecule has 0 spiro atoms. The minimum atomic E-state index is 0.233. The molecule has 1 unspecified atom stereocenters. The lowest BCUT2D eigenvalue weighted by Gasteiger charge is -2.08. The van der Waals surface area contributed by atoms with E-state index in [0.29, 0.717) is 11.8 Å². The highest BCUT2D eigenvalue weighted by molar-refractivity contribution is 6.30. The van der Waals surface area contributed by atoms with Crippen LogP contribution in [-0.2, 0) is 20.1 Å². The molecule has 0 saturated heterocycles. The van der Waals surface area contributed by atoms with E-state index in [9.17, 15) is 0 Å². The average molecular weight is 308 g/mol. The van der Waals surface area contributed by atoms with Gasteiger partial charge in [-0.3, -0.25) is 4.68 Å². The summed E-state index contributed by atoms with van der Waals surface area (Å²) in [4.78, 5) is 0. The van der Waals surface area contributed by atoms with Gasteiger partial charge in [0.15, 0.2) is 0 Å². The number of ether oxygens (including phenoxy) is 1. The second-order valence-electron chi connectivity index (χ2n) is 5.43. The van der Waals surface area contributed by atoms with E-state index in [1.165, 1.54) is 5.56 Å². The lowest BCUT2D eigenvalue weighted by Crippen LogP contribution is -2.15. The van der Waals surface area contributed by atoms with Crippen molar-refractivity contribution in [2.75, 3.05) is 0 Å². The molecular formula is C16H22ClN3O. The molecule has 1 aromatic heterocycles. The van der Waals surface area contributed by atoms with Crippen molar-refractivity contribution in [1.82, 2.24) is 9.78 Å². The number of nitrogens with zero attached hydrogens (tertiary/aromatic N) is 2. The summed E-state index contributed by atoms with van der Waals surface area (Å²) in [6.07, 6.45) is 1.98. The van der Waals surface area contributed by atoms with Gasteiger partial charge < -0.3 is 10.5 Å². The highest BCUT2D eigenvalue weighted by Gasteiger charge is 2.11. The Balaban J connectivity index is 1.94. The second-order valence-corrected chi connectivity index (χ2v) is 5.78. The Kier molecular flexibility index (Phi) is 5.26. The fourth-order valence-electron chi connectivity index (χ4n) is 2.14. The van der Waals surface area contributed by atoms with Crippen molar-refractivity contribution in [2.45, 2.75) is 39.3 Å². The minimum Gasteiger partial charge on any atom is -0.489 e. The van der Waals surface area contributed by atoms with Gasteiger partial charge in [-0.1, -0.05) is 23.7 Å². The minimum absolute atomic E-state index is 0.233. The van der Waals surface area contributed by atoms with Crippen LogP contribution in [0.4, 0.5) is 0 Å². The molecule has 0 aliphatic carbocycles. The number of halogens is 1. The van der Waals surface area contributed by atoms with Crippen molar-refractivity contribution < 1.29 is 4.74 Å². The van der Waals surface area contributed by atoms with Crippen LogP contribution in [0, 0.1) is 6.92 Å². The molecule has 0 fully saturated rings. The topological polar surface area (TPSA) is 53.1 Å². The van der Waals surface area contributed by atoms with Gasteiger partial charge in [0.05, 0.1) is 5.69 Å². The number of hydrogen-bond donors (Lipinski definition) is 1. The molecule has 4 nitrogen and oxygen atoms in total. The first kappa shape index (κ1) is 15.9. The first-order chi connectivity index (χ1) is 9.97. The molecule has 0 radical (unpaired) electrons. The monoisotopic (exact) mass is 307 g/mol. The Hall–Kier alpha value is -1.52. The molecule has 21 heavy (non-hydrogen) atoms. The Morgan fingerprint density at radius 3 is 2.52 bits per heavy atom. The highest BCUT2D eigenvalue weighted by Crippen LogP contribution is 2.21. The molecule has 0 aliphatic heterocycles. The third-order valence-electron chi connectivity index (χ3n) is 3.46. The maximum atomic E-state index is 6.18. The Bertz CT molecular complexity index is 590. The number of aryl methyl sites for hydroxylation is 3. The average Bonchev–Trinajstić information content (AvgIpc) is 2.69. The molecule has 2 aromatic rings. The summed E-state index contributed by atoms with van der Waals surface area (Å²) in [5, 5.41) is 4.90. The largest absolute Gasteiger partial charge is 0.489 e. The summed E-state index contributed by atoms with van der Waals surface area (Å²) >= 11 is 6.18. The SMILES string of the molecule is Cc1nn(C)c(Cl)c1COc1ccc(CCC(C)N)cc1. The predicted octanol–water partition coefficient (Wildman–Crippen LogP) is 3.24. The van der Waals surface area contributed by atoms with E-state index in [1.807, 2.05) is 33.0 Å². The van der Waals surface area contributed by atoms with Gasteiger partial charge in [-0.25, -0.2) is 0 Å². The number of nitrogens with two attached hydrogens (primary N) is 1. The lowest BCUT2D eigenvalue weighted by atomic mass is 10.1. The van der Waals surface area contributed by atoms with Crippen LogP contribution >= 0.6 is 11.6 Å². The zero-order chi connectivity index (χ0) is 15.4. The molecule has 0 amide bonds. The van der Waals surface area contributed by atoms with Crippen LogP contribution < -0.4 is 10.5 Å². The van der Waals surface area contributed by atoms with Crippen molar-refractivity contribution in [2.24, 2.45) is 12.8 Å². The van der Waals surface area contributed by atoms with Gasteiger partial charge in [0.1, 0.15) is 17.5 Å². The summed E-state index contributed by atoms with van der Waals surface area (Å²) in [7, 11) is 1.83. The number of hydrogen-bond acceptors (Lipinski definition) is 3. The van der Waals surface area contributed by atoms with Crippen molar-refractivity contribution in [1.29, 1.82) is 0 Å². The summed E-state index contributed by atoms with van der Waals surface area (Å²) in [5.41, 5.74) is 8.87. The van der Waals surface area contributed by atoms with Crippen molar-refractivity contribution in [3.05, 3.63) is 46.2 Å². The van der Waals surface area contributed by atoms with E-state index in [1.54, 1.807) is 4.68 Å². The van der Waals surface area contributed by atoms with Gasteiger partial charge in [-0.2, -0.15) is 5.10 Å². The summed E-state index contributed by atoms with van der Waals surface area (Å²) in [6, 6.07) is 8.36. The molecule has 0 aliphatic rings. The molecule has 0 bridgehead atoms. The molecule has 1 aromatic carbocycles. The van der Waals surface area contributed by atoms with E-state index in [-0.39, 0.29) is 6.04 Å². The summed E-state index contributed by atoms with van der Waals surface area (Å²) in [6.45, 7) is 4.39. The molecule has 1 heterocycles. The van der Waals surface area contributed by atoms with E-state index < -0.39 is 0 Å². The highest BCUT2D eigenvalue weighted by atomic mass is 35.5. The van der Waals surface area contributed by atoms with Crippen molar-refractivity contribution >= 4 is 11.6 Å². The quantitative estimate of drug-likeness (QED) is 0.891. The second kappa shape index (κ2) is 6.96. The Morgan fingerprint density at radius 2 is 2.00 bits per heavy atom. The molecule has 0 saturated carbocycles. The Morgan fingerprint density at radius 1 is 1.33 bits per heavy atom. The third kappa shape index (κ3) is 4.22. The van der Waals surface area contributed by atoms with Gasteiger partial charge >= 0.3 is 0 Å². The number of benzene rings is 1. The van der Waals surface area contributed by atoms with E-state index >= 15 is 0 Å². The summed E-state index contributed by atoms with van der Waals surface area (Å²) in [5.74, 6) is 0.832. The zero-order valence-electron chi connectivity index (χ0n) is 12.8. The van der Waals surface area contributed by atoms with Crippen LogP contribution in [-0.4, -0.2) is 15.8 Å². The van der Waals surface area contributed by atoms with E-state index in [4.69, 9.17) is 22.1 Å². The number of rotatable bonds is 6. The normalized spacial score (nSPS) is 12.4. The molecule has 1 atom stereocenters. The van der Waals surface area contributed by atoms with E-state index in [2.05, 4.69) is 17.2 Å². The third-order valence-corrected chi connectivity index (χ3v) is 3.94. The maximum Gasteiger partial charge on any atom is 0.133 e. The van der Waals surface area contributed by atoms with Gasteiger partial charge in [-0.05, 0) is 44.4 Å². The van der Waals surface area contributed by atoms with Gasteiger partial charge in [-0.15, -0.1) is 0 Å². The van der Waals surface area contributed by atoms with E-state index in [0.717, 1.165) is 29.8 Å². The summed E-state index contributed by atoms with van der Waals surface area (Å²) < 4.78 is 7.44. The van der Waals surface area contributed by atoms with Gasteiger partial charge in [0, 0.05) is 18.7 Å². The van der Waals surface area contributed by atoms with Gasteiger partial charge in [0.2, 0.25) is 0 Å². The zero-order valence-corrected chi connectivity index (χ0v) is 13.5. The standard InChI is InChI=1S/C16H22ClN3O/c1-11(18)4-5-13-6-8-14(9-7-13)21-10-15-12(2)19-20(3)16(15)17/h6-9,11H,4-5,10,18H2,1-3H3. The first-order valence-electron chi connectivity index (χ1n) is 7.12. The van der Waals surface area contributed by atoms with Crippen molar-refractivity contribution in [3.63, 3.8) is 0 Å². The Labute approximate surface area is 130 Å². The van der Waals surface area contributed by atoms with Gasteiger partial charge in [0.25, 0.3) is 0 Å². The smallest absolute Gasteiger partial charge is 0.133 e. The molecule has 114 valence electrons. The van der Waals surface area contributed by atoms with Crippen LogP contribution in [0.5, 0.6) is 5.75 Å². The predicted molar refractivity (Wildman–Crippen MR) is 85.7 cm³/mol. The van der Waals surface area contributed by atoms with Crippen LogP contribution in [0.1, 0.15) is 30.2 Å². The molecule has 2 rings (SSSR count). The molecule has 2 N–H and O–H groups in total. The fraction of sp³-hybridized carbons (Fsp3) is 0.438. The lowest BCUT2D eigenvalue weighted by molar-refractivity contribution is 0.305. The maximum absolute atomic E-state index is 6.18. The van der Waals surface area contributed by atoms with Crippen LogP contribution in [0.3, 0.4) is 0 Å². The molecule has 5 heteroatoms. The molecular weight excluding hydrogens is 286 g/mol. The first-order valence-corrected chi connectivity index (χ1v) is 7.50. The fourth-order valence-corrected chi connectivity index (χ4v) is 2.37. The van der Waals surface area contributed by atoms with Crippen LogP contribution in [0.2, 0.25) is 5.15 Å². The van der Waals surface area contributed by atoms with Crippen molar-refractivity contribution in [3.8, 4) is 5.75 Å².